The van der Waals surface area contributed by atoms with Crippen LogP contribution < -0.4 is 9.91 Å². The number of para-hydroxylation sites is 3. The van der Waals surface area contributed by atoms with Gasteiger partial charge < -0.3 is 4.90 Å². The summed E-state index contributed by atoms with van der Waals surface area (Å²) < 4.78 is 0. The van der Waals surface area contributed by atoms with Gasteiger partial charge in [0.25, 0.3) is 0 Å². The Kier molecular flexibility index (Phi) is 9.43. The lowest BCUT2D eigenvalue weighted by atomic mass is 10.0. The summed E-state index contributed by atoms with van der Waals surface area (Å²) in [7, 11) is 0. The molecule has 0 atom stereocenters. The maximum absolute atomic E-state index is 4.84. The van der Waals surface area contributed by atoms with Crippen LogP contribution in [0.1, 0.15) is 34.7 Å². The largest absolute Gasteiger partial charge is 0.309 e. The second kappa shape index (κ2) is 14.7. The van der Waals surface area contributed by atoms with Crippen molar-refractivity contribution >= 4 is 57.6 Å². The van der Waals surface area contributed by atoms with E-state index >= 15 is 0 Å². The third-order valence-electron chi connectivity index (χ3n) is 8.81. The summed E-state index contributed by atoms with van der Waals surface area (Å²) in [6.07, 6.45) is 7.20. The Labute approximate surface area is 289 Å². The van der Waals surface area contributed by atoms with Crippen molar-refractivity contribution in [2.24, 2.45) is 5.10 Å². The van der Waals surface area contributed by atoms with Crippen molar-refractivity contribution in [3.63, 3.8) is 0 Å². The lowest BCUT2D eigenvalue weighted by Crippen LogP contribution is -2.14. The molecule has 0 aliphatic heterocycles. The molecule has 0 heterocycles. The van der Waals surface area contributed by atoms with E-state index in [2.05, 4.69) is 164 Å². The van der Waals surface area contributed by atoms with Gasteiger partial charge in [0.05, 0.1) is 29.0 Å². The normalized spacial score (nSPS) is 11.4. The van der Waals surface area contributed by atoms with Crippen LogP contribution in [0.4, 0.5) is 28.4 Å². The Hall–Kier alpha value is -6.19. The molecule has 49 heavy (non-hydrogen) atoms. The van der Waals surface area contributed by atoms with Crippen LogP contribution in [0.25, 0.3) is 22.9 Å². The Balaban J connectivity index is 1.13. The summed E-state index contributed by atoms with van der Waals surface area (Å²) in [6.45, 7) is 4.44. The molecule has 0 bridgehead atoms. The molecular weight excluding hydrogens is 595 g/mol. The second-order valence-corrected chi connectivity index (χ2v) is 12.1. The highest BCUT2D eigenvalue weighted by molar-refractivity contribution is 5.99. The number of rotatable bonds is 10. The van der Waals surface area contributed by atoms with Gasteiger partial charge >= 0.3 is 0 Å². The summed E-state index contributed by atoms with van der Waals surface area (Å²) in [5.74, 6) is 0. The first-order chi connectivity index (χ1) is 24.2. The van der Waals surface area contributed by atoms with Crippen LogP contribution in [0, 0.1) is 6.92 Å². The van der Waals surface area contributed by atoms with Crippen molar-refractivity contribution < 1.29 is 0 Å². The topological polar surface area (TPSA) is 18.8 Å². The van der Waals surface area contributed by atoms with Gasteiger partial charge in [-0.15, -0.1) is 0 Å². The van der Waals surface area contributed by atoms with Crippen molar-refractivity contribution in [3.8, 4) is 0 Å². The molecule has 3 heteroatoms. The molecule has 0 unspecified atom stereocenters. The zero-order valence-electron chi connectivity index (χ0n) is 27.9. The van der Waals surface area contributed by atoms with Gasteiger partial charge in [0.15, 0.2) is 0 Å². The van der Waals surface area contributed by atoms with E-state index in [1.54, 1.807) is 0 Å². The van der Waals surface area contributed by atoms with Gasteiger partial charge in [-0.3, -0.25) is 0 Å². The molecule has 0 aliphatic rings. The molecule has 238 valence electrons. The number of nitrogens with zero attached hydrogens (tertiary/aromatic N) is 3. The van der Waals surface area contributed by atoms with Gasteiger partial charge in [-0.2, -0.15) is 5.10 Å². The monoisotopic (exact) mass is 633 g/mol. The number of fused-ring (bicyclic) bond motifs is 1. The molecule has 0 aromatic heterocycles. The predicted octanol–water partition coefficient (Wildman–Crippen LogP) is 12.5. The molecule has 0 aliphatic carbocycles. The number of hydrazone groups is 1. The number of hydrogen-bond donors (Lipinski definition) is 0. The summed E-state index contributed by atoms with van der Waals surface area (Å²) in [5, 5.41) is 9.27. The zero-order chi connectivity index (χ0) is 33.4. The molecule has 0 saturated carbocycles. The van der Waals surface area contributed by atoms with Crippen LogP contribution in [0.15, 0.2) is 175 Å². The van der Waals surface area contributed by atoms with E-state index in [0.717, 1.165) is 40.2 Å². The highest BCUT2D eigenvalue weighted by Crippen LogP contribution is 2.42. The van der Waals surface area contributed by atoms with Crippen LogP contribution in [0.3, 0.4) is 0 Å². The van der Waals surface area contributed by atoms with Crippen molar-refractivity contribution in [2.75, 3.05) is 9.91 Å². The van der Waals surface area contributed by atoms with Crippen molar-refractivity contribution in [1.29, 1.82) is 0 Å². The van der Waals surface area contributed by atoms with Crippen molar-refractivity contribution in [3.05, 3.63) is 198 Å². The first-order valence-corrected chi connectivity index (χ1v) is 16.9. The highest BCUT2D eigenvalue weighted by Gasteiger charge is 2.19. The fourth-order valence-electron chi connectivity index (χ4n) is 6.28. The first kappa shape index (κ1) is 31.4. The second-order valence-electron chi connectivity index (χ2n) is 12.1. The third-order valence-corrected chi connectivity index (χ3v) is 8.81. The van der Waals surface area contributed by atoms with Crippen LogP contribution in [-0.2, 0) is 6.42 Å². The lowest BCUT2D eigenvalue weighted by Gasteiger charge is -2.30. The summed E-state index contributed by atoms with van der Waals surface area (Å²) in [4.78, 5) is 2.43. The smallest absolute Gasteiger partial charge is 0.0652 e. The lowest BCUT2D eigenvalue weighted by molar-refractivity contribution is 1.09. The van der Waals surface area contributed by atoms with E-state index in [9.17, 15) is 0 Å². The summed E-state index contributed by atoms with van der Waals surface area (Å²) in [6, 6.07) is 59.6. The third kappa shape index (κ3) is 7.07. The molecule has 3 nitrogen and oxygen atoms in total. The first-order valence-electron chi connectivity index (χ1n) is 16.9. The van der Waals surface area contributed by atoms with E-state index in [1.165, 1.54) is 33.3 Å². The highest BCUT2D eigenvalue weighted by atomic mass is 15.5. The van der Waals surface area contributed by atoms with E-state index in [0.29, 0.717) is 0 Å². The molecular formula is C46H39N3. The minimum absolute atomic E-state index is 0.960. The molecule has 0 saturated heterocycles. The minimum Gasteiger partial charge on any atom is -0.309 e. The molecule has 7 aromatic rings. The molecule has 7 rings (SSSR count). The van der Waals surface area contributed by atoms with Gasteiger partial charge in [-0.25, -0.2) is 5.01 Å². The van der Waals surface area contributed by atoms with E-state index in [1.807, 2.05) is 47.6 Å². The van der Waals surface area contributed by atoms with E-state index in [4.69, 9.17) is 5.10 Å². The minimum atomic E-state index is 0.960. The number of benzene rings is 7. The Morgan fingerprint density at radius 1 is 0.510 bits per heavy atom. The SMILES string of the molecule is CCc1cccc(C)c1N(c1ccc(/C=C/c2ccc(/C=N/N(c3ccccc3)c3ccccc3)cc2)cc1)c1cccc2ccccc12. The predicted molar refractivity (Wildman–Crippen MR) is 211 cm³/mol. The maximum atomic E-state index is 4.84. The average Bonchev–Trinajstić information content (AvgIpc) is 3.16. The van der Waals surface area contributed by atoms with E-state index < -0.39 is 0 Å². The molecule has 0 spiro atoms. The van der Waals surface area contributed by atoms with Crippen LogP contribution >= 0.6 is 0 Å². The van der Waals surface area contributed by atoms with Gasteiger partial charge in [-0.1, -0.05) is 146 Å². The van der Waals surface area contributed by atoms with Gasteiger partial charge in [-0.05, 0) is 89.0 Å². The molecule has 0 radical (unpaired) electrons. The Morgan fingerprint density at radius 3 is 1.71 bits per heavy atom. The van der Waals surface area contributed by atoms with Crippen molar-refractivity contribution in [1.82, 2.24) is 0 Å². The summed E-state index contributed by atoms with van der Waals surface area (Å²) >= 11 is 0. The fourth-order valence-corrected chi connectivity index (χ4v) is 6.28. The molecule has 7 aromatic carbocycles. The fraction of sp³-hybridized carbons (Fsp3) is 0.0652. The summed E-state index contributed by atoms with van der Waals surface area (Å²) in [5.41, 5.74) is 11.5. The standard InChI is InChI=1S/C46H39N3/c1-3-39-16-12-14-35(2)46(39)48(45-23-13-17-40-15-10-11-22-44(40)45)41-32-30-37(31-33-41)25-24-36-26-28-38(29-27-36)34-47-49(42-18-6-4-7-19-42)43-20-8-5-9-21-43/h4-34H,3H2,1-2H3/b25-24+,47-34+. The van der Waals surface area contributed by atoms with Gasteiger partial charge in [0.2, 0.25) is 0 Å². The van der Waals surface area contributed by atoms with Gasteiger partial charge in [0, 0.05) is 11.1 Å². The van der Waals surface area contributed by atoms with Crippen LogP contribution in [0.2, 0.25) is 0 Å². The Morgan fingerprint density at radius 2 is 1.06 bits per heavy atom. The molecule has 0 amide bonds. The van der Waals surface area contributed by atoms with Crippen LogP contribution in [0.5, 0.6) is 0 Å². The average molecular weight is 634 g/mol. The number of aryl methyl sites for hydroxylation is 2. The zero-order valence-corrected chi connectivity index (χ0v) is 27.9. The van der Waals surface area contributed by atoms with Crippen LogP contribution in [-0.4, -0.2) is 6.21 Å². The number of hydrogen-bond acceptors (Lipinski definition) is 3. The van der Waals surface area contributed by atoms with Gasteiger partial charge in [0.1, 0.15) is 0 Å². The Bertz CT molecular complexity index is 2160. The molecule has 0 N–H and O–H groups in total. The molecule has 0 fully saturated rings. The maximum Gasteiger partial charge on any atom is 0.0652 e. The quantitative estimate of drug-likeness (QED) is 0.0848. The van der Waals surface area contributed by atoms with E-state index in [-0.39, 0.29) is 0 Å². The van der Waals surface area contributed by atoms with Crippen molar-refractivity contribution in [2.45, 2.75) is 20.3 Å². The number of anilines is 5.